The highest BCUT2D eigenvalue weighted by Crippen LogP contribution is 2.32. The normalized spacial score (nSPS) is 11.5. The largest absolute Gasteiger partial charge is 0.464 e. The molecule has 1 aromatic carbocycles. The summed E-state index contributed by atoms with van der Waals surface area (Å²) in [6.45, 7) is 7.59. The van der Waals surface area contributed by atoms with Gasteiger partial charge in [0.2, 0.25) is 0 Å². The van der Waals surface area contributed by atoms with Crippen molar-refractivity contribution in [3.8, 4) is 22.7 Å². The molecule has 0 bridgehead atoms. The number of hydrogen-bond acceptors (Lipinski definition) is 5. The third-order valence-corrected chi connectivity index (χ3v) is 5.92. The molecule has 6 heteroatoms. The average Bonchev–Trinajstić information content (AvgIpc) is 3.40. The van der Waals surface area contributed by atoms with Gasteiger partial charge in [0, 0.05) is 29.6 Å². The van der Waals surface area contributed by atoms with Crippen molar-refractivity contribution in [2.24, 2.45) is 0 Å². The van der Waals surface area contributed by atoms with Crippen LogP contribution >= 0.6 is 11.3 Å². The Hall–Kier alpha value is -2.70. The van der Waals surface area contributed by atoms with Gasteiger partial charge in [-0.2, -0.15) is 0 Å². The molecule has 0 radical (unpaired) electrons. The van der Waals surface area contributed by atoms with E-state index in [-0.39, 0.29) is 5.56 Å². The van der Waals surface area contributed by atoms with Gasteiger partial charge in [-0.05, 0) is 25.2 Å². The lowest BCUT2D eigenvalue weighted by Crippen LogP contribution is -2.32. The van der Waals surface area contributed by atoms with E-state index in [0.717, 1.165) is 41.4 Å². The van der Waals surface area contributed by atoms with Crippen LogP contribution in [0.5, 0.6) is 0 Å². The maximum atomic E-state index is 13.6. The standard InChI is InChI=1S/C22H23N3O2S/c1-3-24(4-2)12-13-25-20(16-9-6-5-7-10-16)23-21-19(22(25)26)17(15-28-21)18-11-8-14-27-18/h5-11,14-15H,3-4,12-13H2,1-2H3. The lowest BCUT2D eigenvalue weighted by atomic mass is 10.1. The predicted molar refractivity (Wildman–Crippen MR) is 115 cm³/mol. The zero-order chi connectivity index (χ0) is 19.5. The van der Waals surface area contributed by atoms with Crippen molar-refractivity contribution in [2.45, 2.75) is 20.4 Å². The Morgan fingerprint density at radius 2 is 1.89 bits per heavy atom. The molecule has 0 saturated heterocycles. The molecule has 3 aromatic heterocycles. The van der Waals surface area contributed by atoms with Crippen LogP contribution in [0.15, 0.2) is 63.3 Å². The minimum Gasteiger partial charge on any atom is -0.464 e. The van der Waals surface area contributed by atoms with Crippen LogP contribution in [0.3, 0.4) is 0 Å². The summed E-state index contributed by atoms with van der Waals surface area (Å²) in [5, 5.41) is 2.60. The fourth-order valence-corrected chi connectivity index (χ4v) is 4.35. The van der Waals surface area contributed by atoms with Crippen LogP contribution < -0.4 is 5.56 Å². The molecule has 0 saturated carbocycles. The number of furan rings is 1. The predicted octanol–water partition coefficient (Wildman–Crippen LogP) is 4.73. The van der Waals surface area contributed by atoms with Crippen LogP contribution in [0.25, 0.3) is 32.9 Å². The van der Waals surface area contributed by atoms with Crippen molar-refractivity contribution >= 4 is 21.6 Å². The van der Waals surface area contributed by atoms with Gasteiger partial charge in [0.1, 0.15) is 16.4 Å². The van der Waals surface area contributed by atoms with Gasteiger partial charge in [0.25, 0.3) is 5.56 Å². The molecular formula is C22H23N3O2S. The Balaban J connectivity index is 1.90. The first-order chi connectivity index (χ1) is 13.7. The molecule has 5 nitrogen and oxygen atoms in total. The van der Waals surface area contributed by atoms with Crippen molar-refractivity contribution in [3.05, 3.63) is 64.5 Å². The van der Waals surface area contributed by atoms with Gasteiger partial charge < -0.3 is 9.32 Å². The molecule has 0 unspecified atom stereocenters. The fourth-order valence-electron chi connectivity index (χ4n) is 3.43. The monoisotopic (exact) mass is 393 g/mol. The SMILES string of the molecule is CCN(CC)CCn1c(-c2ccccc2)nc2scc(-c3ccco3)c2c1=O. The van der Waals surface area contributed by atoms with Crippen molar-refractivity contribution in [2.75, 3.05) is 19.6 Å². The average molecular weight is 394 g/mol. The van der Waals surface area contributed by atoms with Crippen LogP contribution in [0.2, 0.25) is 0 Å². The van der Waals surface area contributed by atoms with Gasteiger partial charge in [-0.25, -0.2) is 4.98 Å². The summed E-state index contributed by atoms with van der Waals surface area (Å²) in [5.41, 5.74) is 1.76. The molecule has 28 heavy (non-hydrogen) atoms. The molecule has 0 spiro atoms. The number of rotatable bonds is 7. The molecule has 0 aliphatic heterocycles. The first kappa shape index (κ1) is 18.7. The number of aromatic nitrogens is 2. The fraction of sp³-hybridized carbons (Fsp3) is 0.273. The molecule has 4 aromatic rings. The van der Waals surface area contributed by atoms with Gasteiger partial charge in [0.05, 0.1) is 11.6 Å². The Morgan fingerprint density at radius 3 is 2.57 bits per heavy atom. The van der Waals surface area contributed by atoms with Gasteiger partial charge in [-0.15, -0.1) is 11.3 Å². The minimum atomic E-state index is -0.0105. The molecule has 0 atom stereocenters. The van der Waals surface area contributed by atoms with Crippen molar-refractivity contribution in [3.63, 3.8) is 0 Å². The molecule has 144 valence electrons. The van der Waals surface area contributed by atoms with Crippen LogP contribution in [-0.2, 0) is 6.54 Å². The van der Waals surface area contributed by atoms with E-state index in [1.54, 1.807) is 6.26 Å². The first-order valence-electron chi connectivity index (χ1n) is 9.56. The second-order valence-electron chi connectivity index (χ2n) is 6.59. The molecule has 0 amide bonds. The second kappa shape index (κ2) is 8.12. The van der Waals surface area contributed by atoms with Crippen LogP contribution in [0.1, 0.15) is 13.8 Å². The van der Waals surface area contributed by atoms with Crippen LogP contribution in [0, 0.1) is 0 Å². The van der Waals surface area contributed by atoms with Crippen molar-refractivity contribution in [1.29, 1.82) is 0 Å². The molecule has 3 heterocycles. The lowest BCUT2D eigenvalue weighted by molar-refractivity contribution is 0.289. The van der Waals surface area contributed by atoms with Gasteiger partial charge in [-0.1, -0.05) is 44.2 Å². The highest BCUT2D eigenvalue weighted by Gasteiger charge is 2.19. The summed E-state index contributed by atoms with van der Waals surface area (Å²) in [7, 11) is 0. The molecular weight excluding hydrogens is 370 g/mol. The summed E-state index contributed by atoms with van der Waals surface area (Å²) in [6.07, 6.45) is 1.63. The lowest BCUT2D eigenvalue weighted by Gasteiger charge is -2.20. The van der Waals surface area contributed by atoms with E-state index in [1.807, 2.05) is 52.4 Å². The van der Waals surface area contributed by atoms with Crippen molar-refractivity contribution < 1.29 is 4.42 Å². The number of hydrogen-bond donors (Lipinski definition) is 0. The summed E-state index contributed by atoms with van der Waals surface area (Å²) in [5.74, 6) is 1.42. The summed E-state index contributed by atoms with van der Waals surface area (Å²) in [4.78, 5) is 21.5. The van der Waals surface area contributed by atoms with E-state index in [1.165, 1.54) is 11.3 Å². The second-order valence-corrected chi connectivity index (χ2v) is 7.45. The number of fused-ring (bicyclic) bond motifs is 1. The van der Waals surface area contributed by atoms with Gasteiger partial charge in [-0.3, -0.25) is 9.36 Å². The quantitative estimate of drug-likeness (QED) is 0.456. The van der Waals surface area contributed by atoms with E-state index < -0.39 is 0 Å². The highest BCUT2D eigenvalue weighted by molar-refractivity contribution is 7.17. The summed E-state index contributed by atoms with van der Waals surface area (Å²) in [6, 6.07) is 13.6. The van der Waals surface area contributed by atoms with Crippen LogP contribution in [-0.4, -0.2) is 34.1 Å². The van der Waals surface area contributed by atoms with Gasteiger partial charge in [0.15, 0.2) is 0 Å². The number of nitrogens with zero attached hydrogens (tertiary/aromatic N) is 3. The van der Waals surface area contributed by atoms with Crippen molar-refractivity contribution in [1.82, 2.24) is 14.5 Å². The molecule has 0 aliphatic carbocycles. The molecule has 4 rings (SSSR count). The Morgan fingerprint density at radius 1 is 1.11 bits per heavy atom. The van der Waals surface area contributed by atoms with E-state index in [9.17, 15) is 4.79 Å². The highest BCUT2D eigenvalue weighted by atomic mass is 32.1. The van der Waals surface area contributed by atoms with E-state index in [2.05, 4.69) is 18.7 Å². The molecule has 0 N–H and O–H groups in total. The van der Waals surface area contributed by atoms with Gasteiger partial charge >= 0.3 is 0 Å². The van der Waals surface area contributed by atoms with E-state index in [0.29, 0.717) is 17.7 Å². The Kier molecular flexibility index (Phi) is 5.41. The maximum absolute atomic E-state index is 13.6. The first-order valence-corrected chi connectivity index (χ1v) is 10.4. The third kappa shape index (κ3) is 3.41. The van der Waals surface area contributed by atoms with E-state index >= 15 is 0 Å². The Bertz CT molecular complexity index is 1110. The zero-order valence-electron chi connectivity index (χ0n) is 16.1. The number of likely N-dealkylation sites (N-methyl/N-ethyl adjacent to an activating group) is 1. The topological polar surface area (TPSA) is 51.3 Å². The van der Waals surface area contributed by atoms with Crippen LogP contribution in [0.4, 0.5) is 0 Å². The molecule has 0 aliphatic rings. The summed E-state index contributed by atoms with van der Waals surface area (Å²) >= 11 is 1.48. The third-order valence-electron chi connectivity index (χ3n) is 5.05. The number of thiophene rings is 1. The molecule has 0 fully saturated rings. The minimum absolute atomic E-state index is 0.0105. The number of benzene rings is 1. The zero-order valence-corrected chi connectivity index (χ0v) is 16.9. The smallest absolute Gasteiger partial charge is 0.263 e. The maximum Gasteiger partial charge on any atom is 0.263 e. The Labute approximate surface area is 167 Å². The summed E-state index contributed by atoms with van der Waals surface area (Å²) < 4.78 is 7.37. The van der Waals surface area contributed by atoms with E-state index in [4.69, 9.17) is 9.40 Å².